The summed E-state index contributed by atoms with van der Waals surface area (Å²) in [6, 6.07) is 1.98. The smallest absolute Gasteiger partial charge is 0.120 e. The number of aryl methyl sites for hydroxylation is 1. The van der Waals surface area contributed by atoms with E-state index in [1.165, 1.54) is 10.6 Å². The number of hydrogen-bond acceptors (Lipinski definition) is 4. The van der Waals surface area contributed by atoms with Gasteiger partial charge in [0.05, 0.1) is 17.8 Å². The lowest BCUT2D eigenvalue weighted by atomic mass is 10.3. The van der Waals surface area contributed by atoms with Crippen molar-refractivity contribution in [1.29, 1.82) is 0 Å². The zero-order chi connectivity index (χ0) is 10.5. The molecule has 0 saturated carbocycles. The van der Waals surface area contributed by atoms with Gasteiger partial charge in [0, 0.05) is 24.5 Å². The van der Waals surface area contributed by atoms with Gasteiger partial charge in [-0.15, -0.1) is 11.3 Å². The maximum atomic E-state index is 5.33. The van der Waals surface area contributed by atoms with E-state index in [-0.39, 0.29) is 0 Å². The second-order valence-electron chi connectivity index (χ2n) is 3.38. The Morgan fingerprint density at radius 2 is 2.47 bits per heavy atom. The van der Waals surface area contributed by atoms with Gasteiger partial charge >= 0.3 is 0 Å². The van der Waals surface area contributed by atoms with Crippen LogP contribution >= 0.6 is 11.3 Å². The summed E-state index contributed by atoms with van der Waals surface area (Å²) in [4.78, 5) is 4.22. The summed E-state index contributed by atoms with van der Waals surface area (Å²) in [5, 5.41) is 6.53. The Balaban J connectivity index is 1.70. The monoisotopic (exact) mass is 222 g/mol. The van der Waals surface area contributed by atoms with Crippen molar-refractivity contribution >= 4 is 11.3 Å². The van der Waals surface area contributed by atoms with Crippen LogP contribution in [0.4, 0.5) is 0 Å². The summed E-state index contributed by atoms with van der Waals surface area (Å²) in [5.41, 5.74) is 1.21. The summed E-state index contributed by atoms with van der Waals surface area (Å²) in [6.45, 7) is 3.79. The average molecular weight is 222 g/mol. The highest BCUT2D eigenvalue weighted by Crippen LogP contribution is 2.08. The van der Waals surface area contributed by atoms with Gasteiger partial charge in [-0.25, -0.2) is 4.98 Å². The van der Waals surface area contributed by atoms with E-state index in [1.807, 2.05) is 17.6 Å². The van der Waals surface area contributed by atoms with Crippen LogP contribution in [-0.2, 0) is 13.0 Å². The SMILES string of the molecule is Cc1ccoc1CNCCc1nccs1. The number of thiazole rings is 1. The van der Waals surface area contributed by atoms with Crippen LogP contribution in [0.25, 0.3) is 0 Å². The third kappa shape index (κ3) is 2.91. The minimum atomic E-state index is 0.796. The Hall–Kier alpha value is -1.13. The molecular formula is C11H14N2OS. The van der Waals surface area contributed by atoms with Crippen molar-refractivity contribution in [2.45, 2.75) is 19.9 Å². The van der Waals surface area contributed by atoms with Crippen LogP contribution in [0.3, 0.4) is 0 Å². The second kappa shape index (κ2) is 5.09. The van der Waals surface area contributed by atoms with Gasteiger partial charge in [-0.3, -0.25) is 0 Å². The van der Waals surface area contributed by atoms with E-state index in [0.717, 1.165) is 25.3 Å². The van der Waals surface area contributed by atoms with Crippen LogP contribution in [0.1, 0.15) is 16.3 Å². The molecule has 0 bridgehead atoms. The van der Waals surface area contributed by atoms with Crippen LogP contribution in [0.15, 0.2) is 28.3 Å². The van der Waals surface area contributed by atoms with Crippen molar-refractivity contribution in [3.05, 3.63) is 40.2 Å². The lowest BCUT2D eigenvalue weighted by Gasteiger charge is -2.01. The number of nitrogens with one attached hydrogen (secondary N) is 1. The molecule has 0 amide bonds. The number of aromatic nitrogens is 1. The van der Waals surface area contributed by atoms with Gasteiger partial charge in [-0.2, -0.15) is 0 Å². The molecule has 0 unspecified atom stereocenters. The highest BCUT2D eigenvalue weighted by Gasteiger charge is 2.00. The van der Waals surface area contributed by atoms with E-state index in [4.69, 9.17) is 4.42 Å². The minimum absolute atomic E-state index is 0.796. The first-order chi connectivity index (χ1) is 7.36. The normalized spacial score (nSPS) is 10.7. The molecule has 0 saturated heterocycles. The molecule has 3 nitrogen and oxygen atoms in total. The Labute approximate surface area is 93.2 Å². The van der Waals surface area contributed by atoms with Crippen molar-refractivity contribution in [3.8, 4) is 0 Å². The highest BCUT2D eigenvalue weighted by molar-refractivity contribution is 7.09. The predicted molar refractivity (Wildman–Crippen MR) is 61.0 cm³/mol. The third-order valence-electron chi connectivity index (χ3n) is 2.25. The molecule has 80 valence electrons. The summed E-state index contributed by atoms with van der Waals surface area (Å²) < 4.78 is 5.33. The predicted octanol–water partition coefficient (Wildman–Crippen LogP) is 2.38. The number of nitrogens with zero attached hydrogens (tertiary/aromatic N) is 1. The lowest BCUT2D eigenvalue weighted by Crippen LogP contribution is -2.16. The van der Waals surface area contributed by atoms with Crippen LogP contribution in [0.5, 0.6) is 0 Å². The van der Waals surface area contributed by atoms with E-state index < -0.39 is 0 Å². The number of furan rings is 1. The fraction of sp³-hybridized carbons (Fsp3) is 0.364. The first-order valence-electron chi connectivity index (χ1n) is 4.98. The lowest BCUT2D eigenvalue weighted by molar-refractivity contribution is 0.481. The fourth-order valence-electron chi connectivity index (χ4n) is 1.36. The maximum absolute atomic E-state index is 5.33. The Morgan fingerprint density at radius 1 is 1.53 bits per heavy atom. The van der Waals surface area contributed by atoms with Gasteiger partial charge in [0.15, 0.2) is 0 Å². The topological polar surface area (TPSA) is 38.1 Å². The number of hydrogen-bond donors (Lipinski definition) is 1. The summed E-state index contributed by atoms with van der Waals surface area (Å²) in [7, 11) is 0. The van der Waals surface area contributed by atoms with Crippen molar-refractivity contribution in [2.75, 3.05) is 6.54 Å². The van der Waals surface area contributed by atoms with Crippen LogP contribution in [0.2, 0.25) is 0 Å². The Kier molecular flexibility index (Phi) is 3.53. The molecular weight excluding hydrogens is 208 g/mol. The molecule has 1 N–H and O–H groups in total. The van der Waals surface area contributed by atoms with Crippen molar-refractivity contribution in [2.24, 2.45) is 0 Å². The third-order valence-corrected chi connectivity index (χ3v) is 3.09. The minimum Gasteiger partial charge on any atom is -0.468 e. The van der Waals surface area contributed by atoms with Gasteiger partial charge in [-0.1, -0.05) is 0 Å². The molecule has 0 atom stereocenters. The van der Waals surface area contributed by atoms with Crippen LogP contribution in [-0.4, -0.2) is 11.5 Å². The molecule has 15 heavy (non-hydrogen) atoms. The molecule has 2 aromatic heterocycles. The molecule has 2 aromatic rings. The molecule has 0 aliphatic carbocycles. The zero-order valence-corrected chi connectivity index (χ0v) is 9.51. The largest absolute Gasteiger partial charge is 0.468 e. The molecule has 0 aliphatic heterocycles. The van der Waals surface area contributed by atoms with Gasteiger partial charge in [0.25, 0.3) is 0 Å². The summed E-state index contributed by atoms with van der Waals surface area (Å²) in [6.07, 6.45) is 4.56. The highest BCUT2D eigenvalue weighted by atomic mass is 32.1. The summed E-state index contributed by atoms with van der Waals surface area (Å²) in [5.74, 6) is 1.02. The summed E-state index contributed by atoms with van der Waals surface area (Å²) >= 11 is 1.70. The molecule has 0 fully saturated rings. The first-order valence-corrected chi connectivity index (χ1v) is 5.86. The molecule has 0 radical (unpaired) electrons. The first kappa shape index (κ1) is 10.4. The van der Waals surface area contributed by atoms with E-state index in [2.05, 4.69) is 17.2 Å². The molecule has 4 heteroatoms. The maximum Gasteiger partial charge on any atom is 0.120 e. The quantitative estimate of drug-likeness (QED) is 0.789. The van der Waals surface area contributed by atoms with E-state index in [9.17, 15) is 0 Å². The second-order valence-corrected chi connectivity index (χ2v) is 4.36. The van der Waals surface area contributed by atoms with Crippen LogP contribution < -0.4 is 5.32 Å². The molecule has 0 spiro atoms. The standard InChI is InChI=1S/C11H14N2OS/c1-9-3-6-14-10(9)8-12-4-2-11-13-5-7-15-11/h3,5-7,12H,2,4,8H2,1H3. The van der Waals surface area contributed by atoms with Gasteiger partial charge in [-0.05, 0) is 18.6 Å². The average Bonchev–Trinajstić information content (AvgIpc) is 2.85. The van der Waals surface area contributed by atoms with Crippen molar-refractivity contribution in [3.63, 3.8) is 0 Å². The van der Waals surface area contributed by atoms with Crippen LogP contribution in [0, 0.1) is 6.92 Å². The molecule has 2 heterocycles. The molecule has 2 rings (SSSR count). The van der Waals surface area contributed by atoms with Gasteiger partial charge in [0.1, 0.15) is 5.76 Å². The van der Waals surface area contributed by atoms with Crippen molar-refractivity contribution in [1.82, 2.24) is 10.3 Å². The Bertz CT molecular complexity index is 394. The van der Waals surface area contributed by atoms with E-state index >= 15 is 0 Å². The van der Waals surface area contributed by atoms with Crippen molar-refractivity contribution < 1.29 is 4.42 Å². The van der Waals surface area contributed by atoms with E-state index in [1.54, 1.807) is 17.6 Å². The fourth-order valence-corrected chi connectivity index (χ4v) is 1.98. The van der Waals surface area contributed by atoms with E-state index in [0.29, 0.717) is 0 Å². The van der Waals surface area contributed by atoms with Gasteiger partial charge < -0.3 is 9.73 Å². The zero-order valence-electron chi connectivity index (χ0n) is 8.69. The molecule has 0 aromatic carbocycles. The molecule has 0 aliphatic rings. The number of rotatable bonds is 5. The van der Waals surface area contributed by atoms with Gasteiger partial charge in [0.2, 0.25) is 0 Å². The Morgan fingerprint density at radius 3 is 3.13 bits per heavy atom.